The van der Waals surface area contributed by atoms with Crippen LogP contribution in [0.3, 0.4) is 0 Å². The van der Waals surface area contributed by atoms with E-state index in [0.29, 0.717) is 43.3 Å². The van der Waals surface area contributed by atoms with Crippen LogP contribution in [0, 0.1) is 17.7 Å². The quantitative estimate of drug-likeness (QED) is 0.850. The molecule has 2 aromatic rings. The number of carbonyl (C=O) groups is 1. The van der Waals surface area contributed by atoms with Crippen molar-refractivity contribution in [3.63, 3.8) is 0 Å². The number of halogens is 1. The monoisotopic (exact) mass is 385 g/mol. The summed E-state index contributed by atoms with van der Waals surface area (Å²) in [4.78, 5) is 14.9. The van der Waals surface area contributed by atoms with Gasteiger partial charge in [0.15, 0.2) is 5.69 Å². The number of ether oxygens (including phenoxy) is 1. The summed E-state index contributed by atoms with van der Waals surface area (Å²) < 4.78 is 19.0. The summed E-state index contributed by atoms with van der Waals surface area (Å²) in [6, 6.07) is 5.87. The molecule has 1 saturated heterocycles. The minimum absolute atomic E-state index is 0.000655. The van der Waals surface area contributed by atoms with E-state index < -0.39 is 6.10 Å². The highest BCUT2D eigenvalue weighted by Gasteiger charge is 2.44. The van der Waals surface area contributed by atoms with Crippen LogP contribution in [0.1, 0.15) is 41.0 Å². The van der Waals surface area contributed by atoms with Crippen LogP contribution in [0.2, 0.25) is 0 Å². The Balaban J connectivity index is 1.26. The van der Waals surface area contributed by atoms with Gasteiger partial charge in [0.25, 0.3) is 5.91 Å². The SMILES string of the molecule is O=C(c1n[nH]c2c1CCC2)N1C[C@H]2C[C@@H](Oc3ccc(F)cc3)[C@H](O)C[C@H]2C1. The van der Waals surface area contributed by atoms with Gasteiger partial charge in [-0.05, 0) is 68.2 Å². The highest BCUT2D eigenvalue weighted by Crippen LogP contribution is 2.39. The van der Waals surface area contributed by atoms with Crippen LogP contribution in [-0.2, 0) is 12.8 Å². The highest BCUT2D eigenvalue weighted by atomic mass is 19.1. The molecule has 4 atom stereocenters. The largest absolute Gasteiger partial charge is 0.488 e. The van der Waals surface area contributed by atoms with Gasteiger partial charge in [0.1, 0.15) is 17.7 Å². The second-order valence-corrected chi connectivity index (χ2v) is 8.26. The molecule has 0 bridgehead atoms. The second-order valence-electron chi connectivity index (χ2n) is 8.26. The number of aryl methyl sites for hydroxylation is 1. The van der Waals surface area contributed by atoms with Crippen LogP contribution in [-0.4, -0.2) is 51.4 Å². The van der Waals surface area contributed by atoms with Crippen LogP contribution >= 0.6 is 0 Å². The molecular formula is C21H24FN3O3. The average molecular weight is 385 g/mol. The van der Waals surface area contributed by atoms with Gasteiger partial charge in [0, 0.05) is 24.3 Å². The smallest absolute Gasteiger partial charge is 0.274 e. The van der Waals surface area contributed by atoms with E-state index >= 15 is 0 Å². The first kappa shape index (κ1) is 17.7. The van der Waals surface area contributed by atoms with E-state index in [-0.39, 0.29) is 23.7 Å². The molecule has 1 aromatic carbocycles. The summed E-state index contributed by atoms with van der Waals surface area (Å²) in [5.41, 5.74) is 2.76. The molecule has 1 amide bonds. The molecule has 2 aliphatic carbocycles. The number of aliphatic hydroxyl groups is 1. The van der Waals surface area contributed by atoms with Crippen LogP contribution in [0.15, 0.2) is 24.3 Å². The highest BCUT2D eigenvalue weighted by molar-refractivity contribution is 5.94. The molecule has 148 valence electrons. The molecule has 6 nitrogen and oxygen atoms in total. The zero-order valence-electron chi connectivity index (χ0n) is 15.6. The Morgan fingerprint density at radius 2 is 1.93 bits per heavy atom. The van der Waals surface area contributed by atoms with E-state index in [1.165, 1.54) is 12.1 Å². The average Bonchev–Trinajstić information content (AvgIpc) is 3.38. The summed E-state index contributed by atoms with van der Waals surface area (Å²) in [6.45, 7) is 1.33. The molecule has 0 spiro atoms. The number of fused-ring (bicyclic) bond motifs is 2. The summed E-state index contributed by atoms with van der Waals surface area (Å²) in [6.07, 6.45) is 3.33. The van der Waals surface area contributed by atoms with Crippen molar-refractivity contribution in [1.29, 1.82) is 0 Å². The number of carbonyl (C=O) groups excluding carboxylic acids is 1. The van der Waals surface area contributed by atoms with Crippen molar-refractivity contribution in [3.8, 4) is 5.75 Å². The number of aliphatic hydroxyl groups excluding tert-OH is 1. The minimum atomic E-state index is -0.587. The number of H-pyrrole nitrogens is 1. The van der Waals surface area contributed by atoms with Gasteiger partial charge in [-0.1, -0.05) is 0 Å². The van der Waals surface area contributed by atoms with Crippen molar-refractivity contribution in [2.75, 3.05) is 13.1 Å². The molecule has 1 saturated carbocycles. The zero-order valence-corrected chi connectivity index (χ0v) is 15.6. The van der Waals surface area contributed by atoms with Gasteiger partial charge in [-0.2, -0.15) is 5.10 Å². The normalized spacial score (nSPS) is 28.9. The maximum atomic E-state index is 13.1. The first-order valence-electron chi connectivity index (χ1n) is 10.0. The van der Waals surface area contributed by atoms with E-state index in [0.717, 1.165) is 30.5 Å². The lowest BCUT2D eigenvalue weighted by atomic mass is 9.78. The van der Waals surface area contributed by atoms with Crippen molar-refractivity contribution < 1.29 is 19.0 Å². The minimum Gasteiger partial charge on any atom is -0.488 e. The predicted molar refractivity (Wildman–Crippen MR) is 99.6 cm³/mol. The molecule has 1 aliphatic heterocycles. The Morgan fingerprint density at radius 3 is 2.71 bits per heavy atom. The number of amides is 1. The van der Waals surface area contributed by atoms with E-state index in [4.69, 9.17) is 4.74 Å². The number of nitrogens with zero attached hydrogens (tertiary/aromatic N) is 2. The Labute approximate surface area is 162 Å². The third-order valence-electron chi connectivity index (χ3n) is 6.48. The molecular weight excluding hydrogens is 361 g/mol. The summed E-state index contributed by atoms with van der Waals surface area (Å²) in [5.74, 6) is 0.816. The summed E-state index contributed by atoms with van der Waals surface area (Å²) in [5, 5.41) is 17.8. The molecule has 3 aliphatic rings. The van der Waals surface area contributed by atoms with E-state index in [1.807, 2.05) is 4.90 Å². The summed E-state index contributed by atoms with van der Waals surface area (Å²) in [7, 11) is 0. The maximum absolute atomic E-state index is 13.1. The van der Waals surface area contributed by atoms with Gasteiger partial charge < -0.3 is 14.7 Å². The number of rotatable bonds is 3. The number of hydrogen-bond donors (Lipinski definition) is 2. The molecule has 2 heterocycles. The number of nitrogens with one attached hydrogen (secondary N) is 1. The lowest BCUT2D eigenvalue weighted by molar-refractivity contribution is -0.0231. The third kappa shape index (κ3) is 3.07. The molecule has 28 heavy (non-hydrogen) atoms. The number of aromatic nitrogens is 2. The Morgan fingerprint density at radius 1 is 1.18 bits per heavy atom. The first-order valence-corrected chi connectivity index (χ1v) is 10.0. The van der Waals surface area contributed by atoms with E-state index in [2.05, 4.69) is 10.2 Å². The zero-order chi connectivity index (χ0) is 19.3. The number of aromatic amines is 1. The van der Waals surface area contributed by atoms with Crippen LogP contribution in [0.5, 0.6) is 5.75 Å². The summed E-state index contributed by atoms with van der Waals surface area (Å²) >= 11 is 0. The number of likely N-dealkylation sites (tertiary alicyclic amines) is 1. The van der Waals surface area contributed by atoms with Crippen molar-refractivity contribution in [2.24, 2.45) is 11.8 Å². The lowest BCUT2D eigenvalue weighted by Crippen LogP contribution is -2.42. The van der Waals surface area contributed by atoms with Crippen LogP contribution in [0.4, 0.5) is 4.39 Å². The van der Waals surface area contributed by atoms with Gasteiger partial charge in [-0.25, -0.2) is 4.39 Å². The van der Waals surface area contributed by atoms with Gasteiger partial charge in [-0.15, -0.1) is 0 Å². The first-order chi connectivity index (χ1) is 13.6. The van der Waals surface area contributed by atoms with Crippen molar-refractivity contribution in [3.05, 3.63) is 47.0 Å². The molecule has 0 radical (unpaired) electrons. The van der Waals surface area contributed by atoms with E-state index in [1.54, 1.807) is 12.1 Å². The Kier molecular flexibility index (Phi) is 4.34. The molecule has 5 rings (SSSR count). The molecule has 1 aromatic heterocycles. The van der Waals surface area contributed by atoms with Gasteiger partial charge in [0.05, 0.1) is 6.10 Å². The fourth-order valence-corrected chi connectivity index (χ4v) is 5.02. The molecule has 0 unspecified atom stereocenters. The standard InChI is InChI=1S/C21H24FN3O3/c22-14-4-6-15(7-5-14)28-19-9-13-11-25(10-12(13)8-18(19)26)21(27)20-16-2-1-3-17(16)23-24-20/h4-7,12-13,18-19,26H,1-3,8-11H2,(H,23,24)/t12-,13+,18+,19+/m0/s1. The maximum Gasteiger partial charge on any atom is 0.274 e. The Hall–Kier alpha value is -2.41. The number of hydrogen-bond acceptors (Lipinski definition) is 4. The molecule has 2 N–H and O–H groups in total. The Bertz CT molecular complexity index is 882. The fourth-order valence-electron chi connectivity index (χ4n) is 5.02. The van der Waals surface area contributed by atoms with Crippen LogP contribution < -0.4 is 4.74 Å². The topological polar surface area (TPSA) is 78.5 Å². The van der Waals surface area contributed by atoms with Crippen molar-refractivity contribution in [2.45, 2.75) is 44.3 Å². The van der Waals surface area contributed by atoms with Crippen LogP contribution in [0.25, 0.3) is 0 Å². The van der Waals surface area contributed by atoms with Crippen molar-refractivity contribution in [1.82, 2.24) is 15.1 Å². The third-order valence-corrected chi connectivity index (χ3v) is 6.48. The predicted octanol–water partition coefficient (Wildman–Crippen LogP) is 2.33. The van der Waals surface area contributed by atoms with E-state index in [9.17, 15) is 14.3 Å². The second kappa shape index (κ2) is 6.88. The number of benzene rings is 1. The molecule has 2 fully saturated rings. The van der Waals surface area contributed by atoms with Crippen molar-refractivity contribution >= 4 is 5.91 Å². The van der Waals surface area contributed by atoms with Gasteiger partial charge in [0.2, 0.25) is 0 Å². The van der Waals surface area contributed by atoms with Gasteiger partial charge in [-0.3, -0.25) is 9.89 Å². The fraction of sp³-hybridized carbons (Fsp3) is 0.524. The lowest BCUT2D eigenvalue weighted by Gasteiger charge is -2.35. The molecule has 7 heteroatoms. The van der Waals surface area contributed by atoms with Gasteiger partial charge >= 0.3 is 0 Å².